The van der Waals surface area contributed by atoms with Crippen LogP contribution in [-0.2, 0) is 0 Å². The third-order valence-corrected chi connectivity index (χ3v) is 4.45. The molecule has 2 rings (SSSR count). The Morgan fingerprint density at radius 1 is 1.05 bits per heavy atom. The summed E-state index contributed by atoms with van der Waals surface area (Å²) < 4.78 is 13.9. The number of nitrogens with two attached hydrogens (primary N) is 1. The highest BCUT2D eigenvalue weighted by molar-refractivity contribution is 7.99. The lowest BCUT2D eigenvalue weighted by Gasteiger charge is -2.21. The van der Waals surface area contributed by atoms with E-state index in [9.17, 15) is 4.39 Å². The largest absolute Gasteiger partial charge is 0.327 e. The quantitative estimate of drug-likeness (QED) is 0.841. The van der Waals surface area contributed by atoms with Gasteiger partial charge in [-0.2, -0.15) is 0 Å². The van der Waals surface area contributed by atoms with Crippen LogP contribution in [0, 0.1) is 12.7 Å². The van der Waals surface area contributed by atoms with Crippen LogP contribution < -0.4 is 5.73 Å². The van der Waals surface area contributed by atoms with E-state index >= 15 is 0 Å². The van der Waals surface area contributed by atoms with Crippen molar-refractivity contribution in [1.29, 1.82) is 0 Å². The average Bonchev–Trinajstić information content (AvgIpc) is 2.39. The van der Waals surface area contributed by atoms with E-state index in [-0.39, 0.29) is 17.1 Å². The third-order valence-electron chi connectivity index (χ3n) is 2.97. The molecule has 0 aliphatic heterocycles. The van der Waals surface area contributed by atoms with Gasteiger partial charge in [0.25, 0.3) is 0 Å². The highest BCUT2D eigenvalue weighted by Crippen LogP contribution is 2.38. The van der Waals surface area contributed by atoms with Gasteiger partial charge in [-0.25, -0.2) is 4.39 Å². The molecule has 1 nitrogen and oxygen atoms in total. The number of rotatable bonds is 4. The monoisotopic (exact) mass is 275 g/mol. The molecule has 0 aliphatic carbocycles. The van der Waals surface area contributed by atoms with Gasteiger partial charge in [-0.1, -0.05) is 35.9 Å². The molecule has 2 unspecified atom stereocenters. The first-order valence-electron chi connectivity index (χ1n) is 6.31. The number of aryl methyl sites for hydroxylation is 1. The van der Waals surface area contributed by atoms with E-state index in [0.29, 0.717) is 5.56 Å². The molecule has 0 aliphatic rings. The zero-order chi connectivity index (χ0) is 13.8. The van der Waals surface area contributed by atoms with Gasteiger partial charge in [0.05, 0.1) is 5.25 Å². The summed E-state index contributed by atoms with van der Waals surface area (Å²) in [5.74, 6) is -0.190. The number of benzene rings is 2. The third kappa shape index (κ3) is 3.58. The fourth-order valence-electron chi connectivity index (χ4n) is 1.92. The molecule has 0 aromatic heterocycles. The highest BCUT2D eigenvalue weighted by atomic mass is 32.2. The van der Waals surface area contributed by atoms with Crippen molar-refractivity contribution >= 4 is 11.8 Å². The van der Waals surface area contributed by atoms with E-state index in [0.717, 1.165) is 4.90 Å². The number of hydrogen-bond acceptors (Lipinski definition) is 2. The SMILES string of the molecule is Cc1ccc(SC(c2ccccc2F)C(C)N)cc1. The van der Waals surface area contributed by atoms with Crippen LogP contribution in [0.4, 0.5) is 4.39 Å². The molecular formula is C16H18FNS. The molecule has 0 amide bonds. The molecule has 0 bridgehead atoms. The van der Waals surface area contributed by atoms with E-state index in [2.05, 4.69) is 24.3 Å². The van der Waals surface area contributed by atoms with Gasteiger partial charge < -0.3 is 5.73 Å². The molecule has 2 atom stereocenters. The van der Waals surface area contributed by atoms with Crippen molar-refractivity contribution in [2.45, 2.75) is 30.0 Å². The summed E-state index contributed by atoms with van der Waals surface area (Å²) in [5, 5.41) is -0.0797. The summed E-state index contributed by atoms with van der Waals surface area (Å²) in [4.78, 5) is 1.11. The summed E-state index contributed by atoms with van der Waals surface area (Å²) in [7, 11) is 0. The topological polar surface area (TPSA) is 26.0 Å². The lowest BCUT2D eigenvalue weighted by Crippen LogP contribution is -2.23. The first-order chi connectivity index (χ1) is 9.08. The molecule has 100 valence electrons. The Balaban J connectivity index is 2.27. The molecular weight excluding hydrogens is 257 g/mol. The fraction of sp³-hybridized carbons (Fsp3) is 0.250. The minimum Gasteiger partial charge on any atom is -0.327 e. The van der Waals surface area contributed by atoms with E-state index < -0.39 is 0 Å². The predicted molar refractivity (Wildman–Crippen MR) is 79.8 cm³/mol. The van der Waals surface area contributed by atoms with E-state index in [1.54, 1.807) is 17.8 Å². The van der Waals surface area contributed by atoms with Crippen LogP contribution >= 0.6 is 11.8 Å². The van der Waals surface area contributed by atoms with Crippen LogP contribution in [0.25, 0.3) is 0 Å². The molecule has 0 radical (unpaired) electrons. The zero-order valence-corrected chi connectivity index (χ0v) is 12.0. The van der Waals surface area contributed by atoms with E-state index in [1.807, 2.05) is 26.0 Å². The highest BCUT2D eigenvalue weighted by Gasteiger charge is 2.20. The molecule has 3 heteroatoms. The Morgan fingerprint density at radius 3 is 2.26 bits per heavy atom. The van der Waals surface area contributed by atoms with Gasteiger partial charge in [-0.3, -0.25) is 0 Å². The summed E-state index contributed by atoms with van der Waals surface area (Å²) in [5.41, 5.74) is 7.91. The second kappa shape index (κ2) is 6.22. The van der Waals surface area contributed by atoms with Crippen LogP contribution in [-0.4, -0.2) is 6.04 Å². The van der Waals surface area contributed by atoms with Crippen LogP contribution in [0.5, 0.6) is 0 Å². The van der Waals surface area contributed by atoms with Gasteiger partial charge in [0.15, 0.2) is 0 Å². The van der Waals surface area contributed by atoms with E-state index in [4.69, 9.17) is 5.73 Å². The minimum absolute atomic E-state index is 0.0797. The molecule has 2 N–H and O–H groups in total. The molecule has 0 saturated heterocycles. The molecule has 19 heavy (non-hydrogen) atoms. The summed E-state index contributed by atoms with van der Waals surface area (Å²) in [6.07, 6.45) is 0. The van der Waals surface area contributed by atoms with Crippen LogP contribution in [0.3, 0.4) is 0 Å². The average molecular weight is 275 g/mol. The molecule has 0 fully saturated rings. The zero-order valence-electron chi connectivity index (χ0n) is 11.1. The second-order valence-electron chi connectivity index (χ2n) is 4.73. The predicted octanol–water partition coefficient (Wildman–Crippen LogP) is 4.31. The Morgan fingerprint density at radius 2 is 1.68 bits per heavy atom. The fourth-order valence-corrected chi connectivity index (χ4v) is 3.04. The molecule has 0 heterocycles. The number of halogens is 1. The number of thioether (sulfide) groups is 1. The van der Waals surface area contributed by atoms with Gasteiger partial charge in [0.1, 0.15) is 5.82 Å². The maximum Gasteiger partial charge on any atom is 0.127 e. The molecule has 0 saturated carbocycles. The first kappa shape index (κ1) is 14.1. The normalized spacial score (nSPS) is 14.1. The second-order valence-corrected chi connectivity index (χ2v) is 5.95. The van der Waals surface area contributed by atoms with Crippen molar-refractivity contribution in [2.24, 2.45) is 5.73 Å². The Hall–Kier alpha value is -1.32. The van der Waals surface area contributed by atoms with Gasteiger partial charge in [-0.05, 0) is 32.0 Å². The maximum atomic E-state index is 13.9. The van der Waals surface area contributed by atoms with Gasteiger partial charge in [0, 0.05) is 16.5 Å². The lowest BCUT2D eigenvalue weighted by atomic mass is 10.1. The lowest BCUT2D eigenvalue weighted by molar-refractivity contribution is 0.592. The Labute approximate surface area is 118 Å². The van der Waals surface area contributed by atoms with Crippen molar-refractivity contribution in [3.63, 3.8) is 0 Å². The summed E-state index contributed by atoms with van der Waals surface area (Å²) in [6.45, 7) is 3.96. The standard InChI is InChI=1S/C16H18FNS/c1-11-7-9-13(10-8-11)19-16(12(2)18)14-5-3-4-6-15(14)17/h3-10,12,16H,18H2,1-2H3. The molecule has 0 spiro atoms. The van der Waals surface area contributed by atoms with Crippen molar-refractivity contribution in [3.05, 3.63) is 65.5 Å². The maximum absolute atomic E-state index is 13.9. The smallest absolute Gasteiger partial charge is 0.127 e. The van der Waals surface area contributed by atoms with Gasteiger partial charge in [0.2, 0.25) is 0 Å². The summed E-state index contributed by atoms with van der Waals surface area (Å²) in [6, 6.07) is 14.9. The van der Waals surface area contributed by atoms with Crippen molar-refractivity contribution in [3.8, 4) is 0 Å². The van der Waals surface area contributed by atoms with Gasteiger partial charge in [-0.15, -0.1) is 11.8 Å². The van der Waals surface area contributed by atoms with Crippen LogP contribution in [0.15, 0.2) is 53.4 Å². The number of hydrogen-bond donors (Lipinski definition) is 1. The van der Waals surface area contributed by atoms with Crippen LogP contribution in [0.2, 0.25) is 0 Å². The first-order valence-corrected chi connectivity index (χ1v) is 7.19. The Kier molecular flexibility index (Phi) is 4.61. The van der Waals surface area contributed by atoms with Crippen LogP contribution in [0.1, 0.15) is 23.3 Å². The minimum atomic E-state index is -0.190. The molecule has 2 aromatic carbocycles. The summed E-state index contributed by atoms with van der Waals surface area (Å²) >= 11 is 1.61. The van der Waals surface area contributed by atoms with Crippen molar-refractivity contribution in [2.75, 3.05) is 0 Å². The van der Waals surface area contributed by atoms with Crippen molar-refractivity contribution in [1.82, 2.24) is 0 Å². The Bertz CT molecular complexity index is 537. The van der Waals surface area contributed by atoms with E-state index in [1.165, 1.54) is 11.6 Å². The molecule has 2 aromatic rings. The van der Waals surface area contributed by atoms with Crippen molar-refractivity contribution < 1.29 is 4.39 Å². The van der Waals surface area contributed by atoms with Gasteiger partial charge >= 0.3 is 0 Å².